The van der Waals surface area contributed by atoms with E-state index in [1.54, 1.807) is 29.5 Å². The van der Waals surface area contributed by atoms with E-state index in [9.17, 15) is 9.59 Å². The molecule has 1 aromatic carbocycles. The van der Waals surface area contributed by atoms with Crippen molar-refractivity contribution in [1.29, 1.82) is 0 Å². The molecule has 0 saturated heterocycles. The first-order valence-electron chi connectivity index (χ1n) is 9.19. The Labute approximate surface area is 177 Å². The predicted molar refractivity (Wildman–Crippen MR) is 116 cm³/mol. The maximum atomic E-state index is 12.2. The number of carbonyl (C=O) groups is 1. The minimum Gasteiger partial charge on any atom is -0.493 e. The van der Waals surface area contributed by atoms with E-state index in [0.29, 0.717) is 40.9 Å². The smallest absolute Gasteiger partial charge is 0.258 e. The number of fused-ring (bicyclic) bond motifs is 1. The molecular weight excluding hydrogens is 406 g/mol. The Morgan fingerprint density at radius 2 is 1.87 bits per heavy atom. The van der Waals surface area contributed by atoms with Crippen LogP contribution in [-0.2, 0) is 11.2 Å². The van der Waals surface area contributed by atoms with Crippen molar-refractivity contribution in [2.75, 3.05) is 27.9 Å². The minimum absolute atomic E-state index is 0.109. The molecule has 3 rings (SSSR count). The molecule has 0 aliphatic carbocycles. The van der Waals surface area contributed by atoms with Crippen molar-refractivity contribution in [3.63, 3.8) is 0 Å². The van der Waals surface area contributed by atoms with Gasteiger partial charge in [0.05, 0.1) is 21.3 Å². The lowest BCUT2D eigenvalue weighted by atomic mass is 10.1. The number of benzene rings is 1. The van der Waals surface area contributed by atoms with Crippen molar-refractivity contribution in [1.82, 2.24) is 14.7 Å². The fourth-order valence-corrected chi connectivity index (χ4v) is 3.97. The first kappa shape index (κ1) is 21.4. The number of rotatable bonds is 8. The molecule has 2 aromatic heterocycles. The van der Waals surface area contributed by atoms with Gasteiger partial charge in [0.2, 0.25) is 11.7 Å². The number of ether oxygens (including phenoxy) is 3. The largest absolute Gasteiger partial charge is 0.493 e. The van der Waals surface area contributed by atoms with Crippen LogP contribution < -0.4 is 25.1 Å². The Hall–Kier alpha value is -3.33. The summed E-state index contributed by atoms with van der Waals surface area (Å²) in [7, 11) is 4.60. The normalized spacial score (nSPS) is 11.1. The molecule has 1 amide bonds. The van der Waals surface area contributed by atoms with Crippen molar-refractivity contribution in [2.24, 2.45) is 0 Å². The molecule has 0 aliphatic rings. The molecule has 1 N–H and O–H groups in total. The van der Waals surface area contributed by atoms with Crippen molar-refractivity contribution in [3.05, 3.63) is 57.0 Å². The quantitative estimate of drug-likeness (QED) is 0.553. The van der Waals surface area contributed by atoms with Gasteiger partial charge < -0.3 is 19.5 Å². The van der Waals surface area contributed by atoms with Gasteiger partial charge in [-0.2, -0.15) is 0 Å². The lowest BCUT2D eigenvalue weighted by molar-refractivity contribution is -0.116. The Morgan fingerprint density at radius 3 is 2.50 bits per heavy atom. The predicted octanol–water partition coefficient (Wildman–Crippen LogP) is 2.46. The van der Waals surface area contributed by atoms with E-state index in [2.05, 4.69) is 10.3 Å². The van der Waals surface area contributed by atoms with Crippen molar-refractivity contribution in [2.45, 2.75) is 13.3 Å². The van der Waals surface area contributed by atoms with Gasteiger partial charge in [0.15, 0.2) is 16.5 Å². The van der Waals surface area contributed by atoms with E-state index in [1.165, 1.54) is 44.8 Å². The second-order valence-electron chi connectivity index (χ2n) is 6.41. The number of thiazole rings is 1. The Morgan fingerprint density at radius 1 is 1.17 bits per heavy atom. The molecular formula is C21H23N3O5S. The molecule has 3 aromatic rings. The van der Waals surface area contributed by atoms with Gasteiger partial charge in [-0.25, -0.2) is 4.98 Å². The number of carbonyl (C=O) groups excluding carboxylic acids is 1. The Kier molecular flexibility index (Phi) is 6.73. The number of hydrogen-bond donors (Lipinski definition) is 1. The van der Waals surface area contributed by atoms with E-state index in [4.69, 9.17) is 14.2 Å². The van der Waals surface area contributed by atoms with Gasteiger partial charge in [-0.3, -0.25) is 14.0 Å². The molecule has 0 fully saturated rings. The number of methoxy groups -OCH3 is 3. The lowest BCUT2D eigenvalue weighted by Crippen LogP contribution is -2.25. The zero-order chi connectivity index (χ0) is 21.7. The number of amides is 1. The monoisotopic (exact) mass is 429 g/mol. The highest BCUT2D eigenvalue weighted by molar-refractivity contribution is 7.15. The first-order chi connectivity index (χ1) is 14.5. The van der Waals surface area contributed by atoms with Crippen molar-refractivity contribution in [3.8, 4) is 17.2 Å². The lowest BCUT2D eigenvalue weighted by Gasteiger charge is -2.12. The topological polar surface area (TPSA) is 91.2 Å². The van der Waals surface area contributed by atoms with E-state index in [0.717, 1.165) is 11.3 Å². The minimum atomic E-state index is -0.246. The van der Waals surface area contributed by atoms with Gasteiger partial charge in [0.1, 0.15) is 0 Å². The van der Waals surface area contributed by atoms with Crippen LogP contribution in [0.1, 0.15) is 17.0 Å². The third kappa shape index (κ3) is 4.62. The average molecular weight is 429 g/mol. The van der Waals surface area contributed by atoms with E-state index in [1.807, 2.05) is 5.38 Å². The highest BCUT2D eigenvalue weighted by atomic mass is 32.1. The summed E-state index contributed by atoms with van der Waals surface area (Å²) >= 11 is 1.41. The molecule has 8 nitrogen and oxygen atoms in total. The summed E-state index contributed by atoms with van der Waals surface area (Å²) in [6.45, 7) is 2.19. The Bertz CT molecular complexity index is 1120. The number of nitrogens with zero attached hydrogens (tertiary/aromatic N) is 2. The second-order valence-corrected chi connectivity index (χ2v) is 7.25. The summed E-state index contributed by atoms with van der Waals surface area (Å²) in [6, 6.07) is 5.01. The third-order valence-electron chi connectivity index (χ3n) is 4.40. The van der Waals surface area contributed by atoms with Gasteiger partial charge >= 0.3 is 0 Å². The van der Waals surface area contributed by atoms with Crippen LogP contribution in [0.3, 0.4) is 0 Å². The fourth-order valence-electron chi connectivity index (χ4n) is 3.00. The van der Waals surface area contributed by atoms with Crippen LogP contribution in [0.4, 0.5) is 0 Å². The average Bonchev–Trinajstić information content (AvgIpc) is 3.14. The summed E-state index contributed by atoms with van der Waals surface area (Å²) in [5.41, 5.74) is 2.14. The maximum absolute atomic E-state index is 12.2. The standard InChI is InChI=1S/C21H23N3O5S/c1-13-9-19(26)24-15(12-30-21(24)23-13)7-8-22-18(25)6-5-14-10-16(27-2)20(29-4)17(11-14)28-3/h5-6,9-12H,7-8H2,1-4H3,(H,22,25). The number of nitrogens with one attached hydrogen (secondary N) is 1. The van der Waals surface area contributed by atoms with Crippen LogP contribution >= 0.6 is 11.3 Å². The fraction of sp³-hybridized carbons (Fsp3) is 0.286. The van der Waals surface area contributed by atoms with Gasteiger partial charge in [-0.05, 0) is 30.7 Å². The highest BCUT2D eigenvalue weighted by Crippen LogP contribution is 2.38. The van der Waals surface area contributed by atoms with E-state index < -0.39 is 0 Å². The highest BCUT2D eigenvalue weighted by Gasteiger charge is 2.12. The summed E-state index contributed by atoms with van der Waals surface area (Å²) in [6.07, 6.45) is 3.62. The zero-order valence-electron chi connectivity index (χ0n) is 17.2. The summed E-state index contributed by atoms with van der Waals surface area (Å²) in [5.74, 6) is 1.26. The summed E-state index contributed by atoms with van der Waals surface area (Å²) < 4.78 is 17.5. The first-order valence-corrected chi connectivity index (χ1v) is 10.1. The zero-order valence-corrected chi connectivity index (χ0v) is 18.0. The number of hydrogen-bond acceptors (Lipinski definition) is 7. The maximum Gasteiger partial charge on any atom is 0.258 e. The molecule has 0 radical (unpaired) electrons. The molecule has 0 spiro atoms. The molecule has 158 valence electrons. The molecule has 0 unspecified atom stereocenters. The third-order valence-corrected chi connectivity index (χ3v) is 5.27. The van der Waals surface area contributed by atoms with E-state index in [-0.39, 0.29) is 11.5 Å². The van der Waals surface area contributed by atoms with Crippen LogP contribution in [0, 0.1) is 6.92 Å². The molecule has 0 aliphatic heterocycles. The molecule has 2 heterocycles. The van der Waals surface area contributed by atoms with Gasteiger partial charge in [0.25, 0.3) is 5.56 Å². The summed E-state index contributed by atoms with van der Waals surface area (Å²) in [4.78, 5) is 29.4. The van der Waals surface area contributed by atoms with Crippen molar-refractivity contribution < 1.29 is 19.0 Å². The van der Waals surface area contributed by atoms with Crippen LogP contribution in [-0.4, -0.2) is 43.2 Å². The second kappa shape index (κ2) is 9.45. The van der Waals surface area contributed by atoms with E-state index >= 15 is 0 Å². The SMILES string of the molecule is COc1cc(C=CC(=O)NCCc2csc3nc(C)cc(=O)n23)cc(OC)c1OC. The van der Waals surface area contributed by atoms with Crippen LogP contribution in [0.25, 0.3) is 11.0 Å². The molecule has 30 heavy (non-hydrogen) atoms. The number of aryl methyl sites for hydroxylation is 1. The number of aromatic nitrogens is 2. The van der Waals surface area contributed by atoms with Crippen LogP contribution in [0.5, 0.6) is 17.2 Å². The van der Waals surface area contributed by atoms with Gasteiger partial charge in [0, 0.05) is 41.9 Å². The molecule has 0 bridgehead atoms. The van der Waals surface area contributed by atoms with Crippen molar-refractivity contribution >= 4 is 28.3 Å². The van der Waals surface area contributed by atoms with Crippen LogP contribution in [0.2, 0.25) is 0 Å². The van der Waals surface area contributed by atoms with Gasteiger partial charge in [-0.1, -0.05) is 0 Å². The van der Waals surface area contributed by atoms with Crippen LogP contribution in [0.15, 0.2) is 34.4 Å². The molecule has 0 atom stereocenters. The summed E-state index contributed by atoms with van der Waals surface area (Å²) in [5, 5.41) is 4.71. The van der Waals surface area contributed by atoms with Gasteiger partial charge in [-0.15, -0.1) is 11.3 Å². The molecule has 9 heteroatoms. The Balaban J connectivity index is 1.64. The molecule has 0 saturated carbocycles.